The number of hydrogen-bond donors (Lipinski definition) is 0. The van der Waals surface area contributed by atoms with Gasteiger partial charge in [0.1, 0.15) is 0 Å². The van der Waals surface area contributed by atoms with Crippen LogP contribution in [-0.4, -0.2) is 5.78 Å². The van der Waals surface area contributed by atoms with Gasteiger partial charge in [0, 0.05) is 11.8 Å². The zero-order valence-electron chi connectivity index (χ0n) is 7.40. The number of allylic oxidation sites excluding steroid dienone is 2. The minimum atomic E-state index is 0.334. The van der Waals surface area contributed by atoms with Crippen LogP contribution in [0.5, 0.6) is 0 Å². The van der Waals surface area contributed by atoms with E-state index < -0.39 is 0 Å². The summed E-state index contributed by atoms with van der Waals surface area (Å²) in [5, 5.41) is 0. The van der Waals surface area contributed by atoms with Gasteiger partial charge >= 0.3 is 0 Å². The molecule has 1 heteroatoms. The summed E-state index contributed by atoms with van der Waals surface area (Å²) in [6.45, 7) is 6.42. The highest BCUT2D eigenvalue weighted by molar-refractivity contribution is 6.01. The number of rotatable bonds is 1. The van der Waals surface area contributed by atoms with Crippen molar-refractivity contribution in [2.75, 3.05) is 0 Å². The van der Waals surface area contributed by atoms with Gasteiger partial charge < -0.3 is 0 Å². The SMILES string of the molecule is CC1=C2CC2(C(C)C)CC1=O. The van der Waals surface area contributed by atoms with Crippen LogP contribution in [0.2, 0.25) is 0 Å². The first kappa shape index (κ1) is 7.08. The first-order chi connectivity index (χ1) is 5.08. The Labute approximate surface area is 67.5 Å². The molecule has 0 aliphatic heterocycles. The fourth-order valence-corrected chi connectivity index (χ4v) is 2.29. The highest BCUT2D eigenvalue weighted by Gasteiger charge is 2.57. The number of fused-ring (bicyclic) bond motifs is 1. The monoisotopic (exact) mass is 150 g/mol. The predicted molar refractivity (Wildman–Crippen MR) is 44.2 cm³/mol. The van der Waals surface area contributed by atoms with Crippen molar-refractivity contribution in [3.8, 4) is 0 Å². The van der Waals surface area contributed by atoms with Crippen molar-refractivity contribution < 1.29 is 4.79 Å². The van der Waals surface area contributed by atoms with Gasteiger partial charge in [0.15, 0.2) is 5.78 Å². The molecule has 1 unspecified atom stereocenters. The van der Waals surface area contributed by atoms with Crippen molar-refractivity contribution in [1.82, 2.24) is 0 Å². The number of carbonyl (C=O) groups excluding carboxylic acids is 1. The van der Waals surface area contributed by atoms with Crippen molar-refractivity contribution in [1.29, 1.82) is 0 Å². The highest BCUT2D eigenvalue weighted by atomic mass is 16.1. The lowest BCUT2D eigenvalue weighted by atomic mass is 9.89. The molecule has 1 atom stereocenters. The standard InChI is InChI=1S/C10H14O/c1-6(2)10-4-8(10)7(3)9(11)5-10/h6H,4-5H2,1-3H3. The van der Waals surface area contributed by atoms with Gasteiger partial charge in [-0.2, -0.15) is 0 Å². The van der Waals surface area contributed by atoms with Crippen molar-refractivity contribution in [2.45, 2.75) is 33.6 Å². The van der Waals surface area contributed by atoms with E-state index in [9.17, 15) is 4.79 Å². The van der Waals surface area contributed by atoms with E-state index in [1.807, 2.05) is 6.92 Å². The van der Waals surface area contributed by atoms with E-state index in [1.165, 1.54) is 12.0 Å². The number of ketones is 1. The van der Waals surface area contributed by atoms with Crippen molar-refractivity contribution >= 4 is 5.78 Å². The Morgan fingerprint density at radius 2 is 2.00 bits per heavy atom. The van der Waals surface area contributed by atoms with E-state index in [-0.39, 0.29) is 0 Å². The van der Waals surface area contributed by atoms with E-state index >= 15 is 0 Å². The summed E-state index contributed by atoms with van der Waals surface area (Å²) in [6.07, 6.45) is 1.99. The Morgan fingerprint density at radius 3 is 2.27 bits per heavy atom. The van der Waals surface area contributed by atoms with Crippen LogP contribution in [0.15, 0.2) is 11.1 Å². The third-order valence-electron chi connectivity index (χ3n) is 3.42. The molecule has 60 valence electrons. The van der Waals surface area contributed by atoms with E-state index in [0.29, 0.717) is 17.1 Å². The maximum absolute atomic E-state index is 11.3. The molecule has 1 saturated carbocycles. The average Bonchev–Trinajstić information content (AvgIpc) is 2.57. The van der Waals surface area contributed by atoms with Crippen LogP contribution in [0.4, 0.5) is 0 Å². The first-order valence-corrected chi connectivity index (χ1v) is 4.31. The fraction of sp³-hybridized carbons (Fsp3) is 0.700. The van der Waals surface area contributed by atoms with Gasteiger partial charge in [-0.3, -0.25) is 4.79 Å². The molecule has 0 N–H and O–H groups in total. The lowest BCUT2D eigenvalue weighted by Crippen LogP contribution is -2.10. The Kier molecular flexibility index (Phi) is 1.14. The summed E-state index contributed by atoms with van der Waals surface area (Å²) in [5.41, 5.74) is 2.86. The zero-order chi connectivity index (χ0) is 8.22. The summed E-state index contributed by atoms with van der Waals surface area (Å²) in [5.74, 6) is 1.04. The van der Waals surface area contributed by atoms with Crippen LogP contribution in [0.25, 0.3) is 0 Å². The Morgan fingerprint density at radius 1 is 1.36 bits per heavy atom. The second-order valence-corrected chi connectivity index (χ2v) is 4.19. The van der Waals surface area contributed by atoms with Gasteiger partial charge in [-0.1, -0.05) is 19.4 Å². The zero-order valence-corrected chi connectivity index (χ0v) is 7.40. The minimum Gasteiger partial charge on any atom is -0.295 e. The summed E-state index contributed by atoms with van der Waals surface area (Å²) >= 11 is 0. The molecular formula is C10H14O. The minimum absolute atomic E-state index is 0.334. The van der Waals surface area contributed by atoms with Gasteiger partial charge in [0.05, 0.1) is 0 Å². The second kappa shape index (κ2) is 1.77. The molecule has 0 aromatic carbocycles. The van der Waals surface area contributed by atoms with Crippen LogP contribution >= 0.6 is 0 Å². The fourth-order valence-electron chi connectivity index (χ4n) is 2.29. The largest absolute Gasteiger partial charge is 0.295 e. The Hall–Kier alpha value is -0.590. The number of hydrogen-bond acceptors (Lipinski definition) is 1. The van der Waals surface area contributed by atoms with Crippen molar-refractivity contribution in [3.05, 3.63) is 11.1 Å². The maximum atomic E-state index is 11.3. The molecule has 0 amide bonds. The van der Waals surface area contributed by atoms with Crippen LogP contribution in [0.3, 0.4) is 0 Å². The smallest absolute Gasteiger partial charge is 0.159 e. The second-order valence-electron chi connectivity index (χ2n) is 4.19. The van der Waals surface area contributed by atoms with Crippen LogP contribution in [-0.2, 0) is 4.79 Å². The molecule has 2 aliphatic carbocycles. The van der Waals surface area contributed by atoms with Crippen molar-refractivity contribution in [2.24, 2.45) is 11.3 Å². The molecule has 0 aromatic rings. The van der Waals surface area contributed by atoms with Crippen LogP contribution in [0.1, 0.15) is 33.6 Å². The summed E-state index contributed by atoms with van der Waals surface area (Å²) in [7, 11) is 0. The third-order valence-corrected chi connectivity index (χ3v) is 3.42. The lowest BCUT2D eigenvalue weighted by Gasteiger charge is -2.13. The molecule has 0 spiro atoms. The summed E-state index contributed by atoms with van der Waals surface area (Å²) in [6, 6.07) is 0. The molecule has 0 radical (unpaired) electrons. The molecule has 11 heavy (non-hydrogen) atoms. The first-order valence-electron chi connectivity index (χ1n) is 4.31. The number of carbonyl (C=O) groups is 1. The molecule has 2 rings (SSSR count). The summed E-state index contributed by atoms with van der Waals surface area (Å²) in [4.78, 5) is 11.3. The maximum Gasteiger partial charge on any atom is 0.159 e. The normalized spacial score (nSPS) is 35.1. The average molecular weight is 150 g/mol. The molecule has 1 nitrogen and oxygen atoms in total. The van der Waals surface area contributed by atoms with E-state index in [0.717, 1.165) is 12.0 Å². The van der Waals surface area contributed by atoms with Crippen LogP contribution in [0, 0.1) is 11.3 Å². The van der Waals surface area contributed by atoms with Crippen LogP contribution < -0.4 is 0 Å². The van der Waals surface area contributed by atoms with Gasteiger partial charge in [-0.15, -0.1) is 0 Å². The summed E-state index contributed by atoms with van der Waals surface area (Å²) < 4.78 is 0. The van der Waals surface area contributed by atoms with Crippen molar-refractivity contribution in [3.63, 3.8) is 0 Å². The van der Waals surface area contributed by atoms with Gasteiger partial charge in [0.2, 0.25) is 0 Å². The Bertz CT molecular complexity index is 260. The molecule has 1 fully saturated rings. The van der Waals surface area contributed by atoms with E-state index in [2.05, 4.69) is 13.8 Å². The Balaban J connectivity index is 2.36. The molecule has 2 aliphatic rings. The molecule has 0 heterocycles. The lowest BCUT2D eigenvalue weighted by molar-refractivity contribution is -0.116. The van der Waals surface area contributed by atoms with Gasteiger partial charge in [0.25, 0.3) is 0 Å². The van der Waals surface area contributed by atoms with Gasteiger partial charge in [-0.05, 0) is 24.8 Å². The predicted octanol–water partition coefficient (Wildman–Crippen LogP) is 2.32. The molecule has 0 aromatic heterocycles. The quantitative estimate of drug-likeness (QED) is 0.560. The number of Topliss-reactive ketones (excluding diaryl/α,β-unsaturated/α-hetero) is 1. The molecular weight excluding hydrogens is 136 g/mol. The van der Waals surface area contributed by atoms with E-state index in [1.54, 1.807) is 0 Å². The van der Waals surface area contributed by atoms with E-state index in [4.69, 9.17) is 0 Å². The third kappa shape index (κ3) is 0.688. The molecule has 0 bridgehead atoms. The van der Waals surface area contributed by atoms with Gasteiger partial charge in [-0.25, -0.2) is 0 Å². The highest BCUT2D eigenvalue weighted by Crippen LogP contribution is 2.65. The topological polar surface area (TPSA) is 17.1 Å². The molecule has 0 saturated heterocycles.